The van der Waals surface area contributed by atoms with Crippen molar-refractivity contribution >= 4 is 5.97 Å². The van der Waals surface area contributed by atoms with E-state index in [-0.39, 0.29) is 6.54 Å². The van der Waals surface area contributed by atoms with Gasteiger partial charge in [-0.15, -0.1) is 0 Å². The Kier molecular flexibility index (Phi) is 3.69. The summed E-state index contributed by atoms with van der Waals surface area (Å²) < 4.78 is 0. The van der Waals surface area contributed by atoms with Crippen LogP contribution in [-0.2, 0) is 4.79 Å². The van der Waals surface area contributed by atoms with Crippen LogP contribution in [0.3, 0.4) is 0 Å². The number of hydrogen-bond donors (Lipinski definition) is 1. The molecule has 1 aliphatic rings. The lowest BCUT2D eigenvalue weighted by Gasteiger charge is -2.18. The van der Waals surface area contributed by atoms with Crippen molar-refractivity contribution in [2.45, 2.75) is 6.42 Å². The van der Waals surface area contributed by atoms with Crippen molar-refractivity contribution in [3.05, 3.63) is 0 Å². The van der Waals surface area contributed by atoms with E-state index in [0.717, 1.165) is 19.6 Å². The topological polar surface area (TPSA) is 43.8 Å². The lowest BCUT2D eigenvalue weighted by molar-refractivity contribution is -0.138. The van der Waals surface area contributed by atoms with Crippen LogP contribution in [-0.4, -0.2) is 61.2 Å². The van der Waals surface area contributed by atoms with Crippen molar-refractivity contribution in [1.82, 2.24) is 9.80 Å². The van der Waals surface area contributed by atoms with Crippen LogP contribution in [0.1, 0.15) is 6.42 Å². The molecule has 1 rings (SSSR count). The second-order valence-electron chi connectivity index (χ2n) is 4.01. The summed E-state index contributed by atoms with van der Waals surface area (Å²) in [6.45, 7) is 3.30. The van der Waals surface area contributed by atoms with Gasteiger partial charge in [0.25, 0.3) is 0 Å². The molecule has 0 amide bonds. The van der Waals surface area contributed by atoms with E-state index in [0.29, 0.717) is 5.92 Å². The summed E-state index contributed by atoms with van der Waals surface area (Å²) in [5.74, 6) is -0.0943. The van der Waals surface area contributed by atoms with E-state index in [1.807, 2.05) is 11.9 Å². The molecule has 1 saturated heterocycles. The first-order chi connectivity index (χ1) is 6.08. The van der Waals surface area contributed by atoms with E-state index in [2.05, 4.69) is 11.9 Å². The van der Waals surface area contributed by atoms with Crippen LogP contribution in [0, 0.1) is 5.92 Å². The maximum atomic E-state index is 10.4. The maximum absolute atomic E-state index is 10.4. The van der Waals surface area contributed by atoms with Crippen LogP contribution >= 0.6 is 0 Å². The van der Waals surface area contributed by atoms with Crippen LogP contribution in [0.25, 0.3) is 0 Å². The van der Waals surface area contributed by atoms with Gasteiger partial charge in [0.15, 0.2) is 0 Å². The molecule has 1 heterocycles. The monoisotopic (exact) mass is 186 g/mol. The number of nitrogens with zero attached hydrogens (tertiary/aromatic N) is 2. The van der Waals surface area contributed by atoms with Crippen molar-refractivity contribution in [3.8, 4) is 0 Å². The van der Waals surface area contributed by atoms with Crippen LogP contribution in [0.15, 0.2) is 0 Å². The number of carboxylic acids is 1. The first-order valence-corrected chi connectivity index (χ1v) is 4.67. The fourth-order valence-corrected chi connectivity index (χ4v) is 1.91. The van der Waals surface area contributed by atoms with Gasteiger partial charge in [-0.2, -0.15) is 0 Å². The predicted molar refractivity (Wildman–Crippen MR) is 50.7 cm³/mol. The zero-order valence-corrected chi connectivity index (χ0v) is 8.36. The van der Waals surface area contributed by atoms with E-state index in [4.69, 9.17) is 5.11 Å². The number of aliphatic carboxylic acids is 1. The van der Waals surface area contributed by atoms with Crippen LogP contribution in [0.5, 0.6) is 0 Å². The van der Waals surface area contributed by atoms with Crippen molar-refractivity contribution in [2.75, 3.05) is 40.3 Å². The number of carbonyl (C=O) groups is 1. The molecule has 0 aromatic carbocycles. The largest absolute Gasteiger partial charge is 0.480 e. The molecule has 0 saturated carbocycles. The molecule has 1 N–H and O–H groups in total. The van der Waals surface area contributed by atoms with Gasteiger partial charge < -0.3 is 10.0 Å². The van der Waals surface area contributed by atoms with Gasteiger partial charge in [0, 0.05) is 13.1 Å². The Hall–Kier alpha value is -0.610. The molecule has 0 unspecified atom stereocenters. The Labute approximate surface area is 79.1 Å². The Bertz CT molecular complexity index is 184. The molecular weight excluding hydrogens is 168 g/mol. The van der Waals surface area contributed by atoms with E-state index in [9.17, 15) is 4.79 Å². The standard InChI is InChI=1S/C9H18N2O2/c1-10-4-3-8(5-10)6-11(2)7-9(12)13/h8H,3-7H2,1-2H3,(H,12,13)/t8-/m1/s1. The predicted octanol–water partition coefficient (Wildman–Crippen LogP) is -0.0455. The molecule has 0 aromatic heterocycles. The molecule has 0 aromatic rings. The van der Waals surface area contributed by atoms with E-state index >= 15 is 0 Å². The highest BCUT2D eigenvalue weighted by Crippen LogP contribution is 2.14. The molecule has 0 bridgehead atoms. The zero-order chi connectivity index (χ0) is 9.84. The van der Waals surface area contributed by atoms with Crippen LogP contribution < -0.4 is 0 Å². The summed E-state index contributed by atoms with van der Waals surface area (Å²) in [7, 11) is 3.98. The number of likely N-dealkylation sites (tertiary alicyclic amines) is 1. The summed E-state index contributed by atoms with van der Waals surface area (Å²) in [6, 6.07) is 0. The Morgan fingerprint density at radius 2 is 2.38 bits per heavy atom. The van der Waals surface area contributed by atoms with Gasteiger partial charge in [0.1, 0.15) is 0 Å². The number of likely N-dealkylation sites (N-methyl/N-ethyl adjacent to an activating group) is 1. The average Bonchev–Trinajstić information content (AvgIpc) is 2.33. The van der Waals surface area contributed by atoms with Gasteiger partial charge >= 0.3 is 5.97 Å². The third-order valence-electron chi connectivity index (χ3n) is 2.46. The molecule has 4 nitrogen and oxygen atoms in total. The minimum absolute atomic E-state index is 0.153. The summed E-state index contributed by atoms with van der Waals surface area (Å²) >= 11 is 0. The molecule has 0 spiro atoms. The molecular formula is C9H18N2O2. The fraction of sp³-hybridized carbons (Fsp3) is 0.889. The maximum Gasteiger partial charge on any atom is 0.317 e. The van der Waals surface area contributed by atoms with Gasteiger partial charge in [-0.3, -0.25) is 9.69 Å². The van der Waals surface area contributed by atoms with Crippen molar-refractivity contribution in [1.29, 1.82) is 0 Å². The third-order valence-corrected chi connectivity index (χ3v) is 2.46. The summed E-state index contributed by atoms with van der Waals surface area (Å²) in [6.07, 6.45) is 1.19. The molecule has 1 fully saturated rings. The molecule has 76 valence electrons. The summed E-state index contributed by atoms with van der Waals surface area (Å²) in [5.41, 5.74) is 0. The lowest BCUT2D eigenvalue weighted by atomic mass is 10.1. The molecule has 0 aliphatic carbocycles. The minimum atomic E-state index is -0.742. The molecule has 1 aliphatic heterocycles. The SMILES string of the molecule is CN1CC[C@@H](CN(C)CC(=O)O)C1. The van der Waals surface area contributed by atoms with E-state index in [1.54, 1.807) is 0 Å². The van der Waals surface area contributed by atoms with Gasteiger partial charge in [-0.1, -0.05) is 0 Å². The molecule has 13 heavy (non-hydrogen) atoms. The Morgan fingerprint density at radius 1 is 1.69 bits per heavy atom. The highest BCUT2D eigenvalue weighted by Gasteiger charge is 2.21. The number of rotatable bonds is 4. The highest BCUT2D eigenvalue weighted by molar-refractivity contribution is 5.68. The lowest BCUT2D eigenvalue weighted by Crippen LogP contribution is -2.31. The van der Waals surface area contributed by atoms with Gasteiger partial charge in [0.05, 0.1) is 6.54 Å². The first kappa shape index (κ1) is 10.5. The van der Waals surface area contributed by atoms with Crippen LogP contribution in [0.4, 0.5) is 0 Å². The van der Waals surface area contributed by atoms with Gasteiger partial charge in [0.2, 0.25) is 0 Å². The van der Waals surface area contributed by atoms with Gasteiger partial charge in [-0.25, -0.2) is 0 Å². The third kappa shape index (κ3) is 3.74. The fourth-order valence-electron chi connectivity index (χ4n) is 1.91. The normalized spacial score (nSPS) is 24.1. The van der Waals surface area contributed by atoms with E-state index < -0.39 is 5.97 Å². The minimum Gasteiger partial charge on any atom is -0.480 e. The summed E-state index contributed by atoms with van der Waals surface area (Å²) in [5, 5.41) is 8.56. The Balaban J connectivity index is 2.20. The van der Waals surface area contributed by atoms with E-state index in [1.165, 1.54) is 6.42 Å². The first-order valence-electron chi connectivity index (χ1n) is 4.67. The van der Waals surface area contributed by atoms with Crippen LogP contribution in [0.2, 0.25) is 0 Å². The Morgan fingerprint density at radius 3 is 2.85 bits per heavy atom. The quantitative estimate of drug-likeness (QED) is 0.669. The zero-order valence-electron chi connectivity index (χ0n) is 8.36. The molecule has 0 radical (unpaired) electrons. The van der Waals surface area contributed by atoms with Crippen molar-refractivity contribution < 1.29 is 9.90 Å². The summed E-state index contributed by atoms with van der Waals surface area (Å²) in [4.78, 5) is 14.6. The second kappa shape index (κ2) is 4.58. The molecule has 4 heteroatoms. The van der Waals surface area contributed by atoms with Crippen molar-refractivity contribution in [2.24, 2.45) is 5.92 Å². The second-order valence-corrected chi connectivity index (χ2v) is 4.01. The number of carboxylic acid groups (broad SMARTS) is 1. The molecule has 1 atom stereocenters. The average molecular weight is 186 g/mol. The number of hydrogen-bond acceptors (Lipinski definition) is 3. The smallest absolute Gasteiger partial charge is 0.317 e. The van der Waals surface area contributed by atoms with Crippen molar-refractivity contribution in [3.63, 3.8) is 0 Å². The highest BCUT2D eigenvalue weighted by atomic mass is 16.4. The van der Waals surface area contributed by atoms with Gasteiger partial charge in [-0.05, 0) is 33.0 Å².